The number of fused-ring (bicyclic) bond motifs is 1. The molecule has 0 aromatic heterocycles. The topological polar surface area (TPSA) is 32.3 Å². The van der Waals surface area contributed by atoms with Crippen LogP contribution in [-0.2, 0) is 6.42 Å². The van der Waals surface area contributed by atoms with Crippen molar-refractivity contribution in [1.29, 1.82) is 0 Å². The van der Waals surface area contributed by atoms with Gasteiger partial charge in [-0.1, -0.05) is 29.8 Å². The van der Waals surface area contributed by atoms with E-state index in [-0.39, 0.29) is 5.78 Å². The Kier molecular flexibility index (Phi) is 4.44. The third-order valence-electron chi connectivity index (χ3n) is 4.12. The van der Waals surface area contributed by atoms with Crippen LogP contribution in [-0.4, -0.2) is 17.4 Å². The van der Waals surface area contributed by atoms with Crippen LogP contribution in [0.4, 0.5) is 11.4 Å². The van der Waals surface area contributed by atoms with Gasteiger partial charge in [-0.15, -0.1) is 0 Å². The van der Waals surface area contributed by atoms with Gasteiger partial charge in [-0.05, 0) is 62.7 Å². The molecule has 4 heteroatoms. The zero-order valence-electron chi connectivity index (χ0n) is 13.4. The van der Waals surface area contributed by atoms with E-state index in [0.717, 1.165) is 25.1 Å². The van der Waals surface area contributed by atoms with Crippen molar-refractivity contribution in [2.24, 2.45) is 0 Å². The second kappa shape index (κ2) is 6.50. The van der Waals surface area contributed by atoms with Crippen molar-refractivity contribution in [3.63, 3.8) is 0 Å². The van der Waals surface area contributed by atoms with Gasteiger partial charge in [0.2, 0.25) is 0 Å². The number of rotatable bonds is 2. The zero-order valence-corrected chi connectivity index (χ0v) is 14.2. The van der Waals surface area contributed by atoms with Crippen LogP contribution in [0, 0.1) is 6.92 Å². The number of hydrogen-bond donors (Lipinski definition) is 1. The molecule has 2 aromatic rings. The predicted octanol–water partition coefficient (Wildman–Crippen LogP) is 4.35. The molecule has 0 unspecified atom stereocenters. The van der Waals surface area contributed by atoms with Gasteiger partial charge in [0, 0.05) is 23.5 Å². The van der Waals surface area contributed by atoms with Gasteiger partial charge in [-0.25, -0.2) is 0 Å². The van der Waals surface area contributed by atoms with Crippen molar-refractivity contribution < 1.29 is 4.79 Å². The summed E-state index contributed by atoms with van der Waals surface area (Å²) in [5.41, 5.74) is 5.34. The summed E-state index contributed by atoms with van der Waals surface area (Å²) in [5, 5.41) is 3.94. The van der Waals surface area contributed by atoms with Crippen molar-refractivity contribution in [2.75, 3.05) is 16.8 Å². The number of thiocarbonyl (C=S) groups is 1. The van der Waals surface area contributed by atoms with Crippen molar-refractivity contribution >= 4 is 34.5 Å². The number of nitrogens with one attached hydrogen (secondary N) is 1. The van der Waals surface area contributed by atoms with E-state index in [2.05, 4.69) is 35.3 Å². The Hall–Kier alpha value is -2.20. The number of hydrogen-bond acceptors (Lipinski definition) is 2. The standard InChI is InChI=1S/C19H20N2OS/c1-13-8-9-18-16(11-13)6-4-10-21(18)19(23)20-17-7-3-5-15(12-17)14(2)22/h3,5,7-9,11-12H,4,6,10H2,1-2H3,(H,20,23). The summed E-state index contributed by atoms with van der Waals surface area (Å²) < 4.78 is 0. The van der Waals surface area contributed by atoms with E-state index in [4.69, 9.17) is 12.2 Å². The molecule has 0 saturated heterocycles. The Labute approximate surface area is 142 Å². The third-order valence-corrected chi connectivity index (χ3v) is 4.44. The molecule has 0 fully saturated rings. The molecule has 118 valence electrons. The molecule has 0 amide bonds. The lowest BCUT2D eigenvalue weighted by molar-refractivity contribution is 0.101. The molecule has 0 spiro atoms. The van der Waals surface area contributed by atoms with E-state index in [1.807, 2.05) is 24.3 Å². The Morgan fingerprint density at radius 2 is 2.04 bits per heavy atom. The van der Waals surface area contributed by atoms with Gasteiger partial charge in [-0.3, -0.25) is 4.79 Å². The van der Waals surface area contributed by atoms with Crippen LogP contribution in [0.3, 0.4) is 0 Å². The monoisotopic (exact) mass is 324 g/mol. The van der Waals surface area contributed by atoms with Gasteiger partial charge in [-0.2, -0.15) is 0 Å². The highest BCUT2D eigenvalue weighted by molar-refractivity contribution is 7.80. The van der Waals surface area contributed by atoms with Crippen LogP contribution in [0.25, 0.3) is 0 Å². The van der Waals surface area contributed by atoms with Gasteiger partial charge >= 0.3 is 0 Å². The van der Waals surface area contributed by atoms with Crippen LogP contribution in [0.5, 0.6) is 0 Å². The number of nitrogens with zero attached hydrogens (tertiary/aromatic N) is 1. The minimum atomic E-state index is 0.0540. The first-order valence-corrected chi connectivity index (χ1v) is 8.24. The SMILES string of the molecule is CC(=O)c1cccc(NC(=S)N2CCCc3cc(C)ccc32)c1. The van der Waals surface area contributed by atoms with Crippen LogP contribution in [0.15, 0.2) is 42.5 Å². The average Bonchev–Trinajstić information content (AvgIpc) is 2.54. The Balaban J connectivity index is 1.82. The molecule has 2 aromatic carbocycles. The lowest BCUT2D eigenvalue weighted by Gasteiger charge is -2.32. The molecule has 1 aliphatic rings. The van der Waals surface area contributed by atoms with E-state index in [1.165, 1.54) is 16.8 Å². The highest BCUT2D eigenvalue weighted by Gasteiger charge is 2.20. The molecule has 0 saturated carbocycles. The zero-order chi connectivity index (χ0) is 16.4. The lowest BCUT2D eigenvalue weighted by Crippen LogP contribution is -2.38. The molecule has 0 aliphatic carbocycles. The molecular formula is C19H20N2OS. The first kappa shape index (κ1) is 15.7. The van der Waals surface area contributed by atoms with Crippen molar-refractivity contribution in [3.05, 3.63) is 59.2 Å². The molecule has 1 aliphatic heterocycles. The summed E-state index contributed by atoms with van der Waals surface area (Å²) in [6.45, 7) is 4.60. The molecular weight excluding hydrogens is 304 g/mol. The van der Waals surface area contributed by atoms with Gasteiger partial charge in [0.15, 0.2) is 10.9 Å². The molecule has 3 nitrogen and oxygen atoms in total. The minimum absolute atomic E-state index is 0.0540. The average molecular weight is 324 g/mol. The number of carbonyl (C=O) groups is 1. The molecule has 23 heavy (non-hydrogen) atoms. The summed E-state index contributed by atoms with van der Waals surface area (Å²) in [7, 11) is 0. The summed E-state index contributed by atoms with van der Waals surface area (Å²) in [5.74, 6) is 0.0540. The third kappa shape index (κ3) is 3.42. The number of Topliss-reactive ketones (excluding diaryl/α,β-unsaturated/α-hetero) is 1. The number of ketones is 1. The molecule has 0 atom stereocenters. The summed E-state index contributed by atoms with van der Waals surface area (Å²) in [6.07, 6.45) is 2.18. The second-order valence-electron chi connectivity index (χ2n) is 5.95. The molecule has 1 heterocycles. The summed E-state index contributed by atoms with van der Waals surface area (Å²) in [4.78, 5) is 13.7. The van der Waals surface area contributed by atoms with Gasteiger partial charge in [0.25, 0.3) is 0 Å². The predicted molar refractivity (Wildman–Crippen MR) is 99.5 cm³/mol. The van der Waals surface area contributed by atoms with Gasteiger partial charge < -0.3 is 10.2 Å². The van der Waals surface area contributed by atoms with Gasteiger partial charge in [0.1, 0.15) is 0 Å². The van der Waals surface area contributed by atoms with Crippen LogP contribution in [0.1, 0.15) is 34.8 Å². The molecule has 1 N–H and O–H groups in total. The first-order valence-electron chi connectivity index (χ1n) is 7.83. The largest absolute Gasteiger partial charge is 0.332 e. The van der Waals surface area contributed by atoms with Crippen LogP contribution < -0.4 is 10.2 Å². The fourth-order valence-electron chi connectivity index (χ4n) is 2.94. The van der Waals surface area contributed by atoms with Gasteiger partial charge in [0.05, 0.1) is 0 Å². The highest BCUT2D eigenvalue weighted by Crippen LogP contribution is 2.28. The van der Waals surface area contributed by atoms with E-state index in [0.29, 0.717) is 10.7 Å². The fourth-order valence-corrected chi connectivity index (χ4v) is 3.25. The maximum Gasteiger partial charge on any atom is 0.177 e. The Morgan fingerprint density at radius 1 is 1.22 bits per heavy atom. The van der Waals surface area contributed by atoms with E-state index in [9.17, 15) is 4.79 Å². The first-order chi connectivity index (χ1) is 11.0. The number of benzene rings is 2. The number of anilines is 2. The highest BCUT2D eigenvalue weighted by atomic mass is 32.1. The molecule has 0 radical (unpaired) electrons. The van der Waals surface area contributed by atoms with Crippen LogP contribution in [0.2, 0.25) is 0 Å². The Morgan fingerprint density at radius 3 is 2.83 bits per heavy atom. The fraction of sp³-hybridized carbons (Fsp3) is 0.263. The van der Waals surface area contributed by atoms with Crippen molar-refractivity contribution in [1.82, 2.24) is 0 Å². The quantitative estimate of drug-likeness (QED) is 0.657. The molecule has 3 rings (SSSR count). The minimum Gasteiger partial charge on any atom is -0.332 e. The smallest absolute Gasteiger partial charge is 0.177 e. The lowest BCUT2D eigenvalue weighted by atomic mass is 10.00. The van der Waals surface area contributed by atoms with Crippen LogP contribution >= 0.6 is 12.2 Å². The summed E-state index contributed by atoms with van der Waals surface area (Å²) in [6, 6.07) is 14.0. The summed E-state index contributed by atoms with van der Waals surface area (Å²) >= 11 is 5.60. The normalized spacial score (nSPS) is 13.4. The maximum atomic E-state index is 11.5. The van der Waals surface area contributed by atoms with E-state index < -0.39 is 0 Å². The number of carbonyl (C=O) groups excluding carboxylic acids is 1. The Bertz CT molecular complexity index is 770. The van der Waals surface area contributed by atoms with Crippen molar-refractivity contribution in [2.45, 2.75) is 26.7 Å². The van der Waals surface area contributed by atoms with E-state index in [1.54, 1.807) is 6.92 Å². The van der Waals surface area contributed by atoms with Crippen molar-refractivity contribution in [3.8, 4) is 0 Å². The maximum absolute atomic E-state index is 11.5. The number of aryl methyl sites for hydroxylation is 2. The molecule has 0 bridgehead atoms. The van der Waals surface area contributed by atoms with E-state index >= 15 is 0 Å². The second-order valence-corrected chi connectivity index (χ2v) is 6.34.